The summed E-state index contributed by atoms with van der Waals surface area (Å²) in [4.78, 5) is 10.4. The molecule has 76 valence electrons. The molecule has 0 aromatic carbocycles. The Labute approximate surface area is 85.6 Å². The van der Waals surface area contributed by atoms with E-state index in [2.05, 4.69) is 6.08 Å². The summed E-state index contributed by atoms with van der Waals surface area (Å²) in [5.74, 6) is 2.95. The van der Waals surface area contributed by atoms with Gasteiger partial charge in [0.15, 0.2) is 0 Å². The minimum Gasteiger partial charge on any atom is -0.299 e. The minimum atomic E-state index is 0.440. The molecule has 14 heavy (non-hydrogen) atoms. The zero-order chi connectivity index (χ0) is 9.60. The Bertz CT molecular complexity index is 242. The van der Waals surface area contributed by atoms with Crippen molar-refractivity contribution in [3.63, 3.8) is 0 Å². The third kappa shape index (κ3) is 1.25. The molecule has 0 atom stereocenters. The van der Waals surface area contributed by atoms with Gasteiger partial charge in [-0.05, 0) is 67.8 Å². The van der Waals surface area contributed by atoms with Crippen molar-refractivity contribution in [1.29, 1.82) is 0 Å². The van der Waals surface area contributed by atoms with E-state index in [9.17, 15) is 4.79 Å². The fourth-order valence-corrected chi connectivity index (χ4v) is 4.63. The number of rotatable bonds is 2. The molecule has 0 radical (unpaired) electrons. The lowest BCUT2D eigenvalue weighted by molar-refractivity contribution is -0.104. The predicted octanol–water partition coefficient (Wildman–Crippen LogP) is 2.96. The van der Waals surface area contributed by atoms with Crippen LogP contribution in [0.4, 0.5) is 0 Å². The standard InChI is InChI=1S/C13H18O/c14-3-1-2-13-7-10-4-11(8-13)6-12(5-10)9-13/h1-3,10-12H,4-9H2. The summed E-state index contributed by atoms with van der Waals surface area (Å²) in [6.45, 7) is 0. The lowest BCUT2D eigenvalue weighted by Gasteiger charge is -2.55. The van der Waals surface area contributed by atoms with Crippen LogP contribution in [0, 0.1) is 23.2 Å². The lowest BCUT2D eigenvalue weighted by atomic mass is 9.49. The average Bonchev–Trinajstić information content (AvgIpc) is 2.12. The van der Waals surface area contributed by atoms with E-state index in [1.54, 1.807) is 6.08 Å². The van der Waals surface area contributed by atoms with Crippen LogP contribution >= 0.6 is 0 Å². The van der Waals surface area contributed by atoms with E-state index >= 15 is 0 Å². The Morgan fingerprint density at radius 1 is 0.929 bits per heavy atom. The first kappa shape index (κ1) is 8.70. The molecule has 0 heterocycles. The second-order valence-corrected chi connectivity index (χ2v) is 5.78. The molecule has 4 fully saturated rings. The van der Waals surface area contributed by atoms with Gasteiger partial charge >= 0.3 is 0 Å². The van der Waals surface area contributed by atoms with Gasteiger partial charge in [-0.25, -0.2) is 0 Å². The first-order valence-electron chi connectivity index (χ1n) is 5.93. The molecule has 4 aliphatic carbocycles. The monoisotopic (exact) mass is 190 g/mol. The molecule has 4 saturated carbocycles. The molecule has 0 spiro atoms. The van der Waals surface area contributed by atoms with Gasteiger partial charge in [-0.3, -0.25) is 4.79 Å². The van der Waals surface area contributed by atoms with Gasteiger partial charge in [0.1, 0.15) is 6.29 Å². The highest BCUT2D eigenvalue weighted by Crippen LogP contribution is 2.60. The van der Waals surface area contributed by atoms with E-state index in [0.717, 1.165) is 24.0 Å². The average molecular weight is 190 g/mol. The highest BCUT2D eigenvalue weighted by molar-refractivity contribution is 5.64. The summed E-state index contributed by atoms with van der Waals surface area (Å²) >= 11 is 0. The first-order chi connectivity index (χ1) is 6.80. The van der Waals surface area contributed by atoms with Crippen molar-refractivity contribution < 1.29 is 4.79 Å². The fraction of sp³-hybridized carbons (Fsp3) is 0.769. The normalized spacial score (nSPS) is 50.1. The molecule has 0 saturated heterocycles. The molecule has 0 N–H and O–H groups in total. The molecule has 1 nitrogen and oxygen atoms in total. The van der Waals surface area contributed by atoms with E-state index in [-0.39, 0.29) is 0 Å². The van der Waals surface area contributed by atoms with Crippen LogP contribution in [0.25, 0.3) is 0 Å². The van der Waals surface area contributed by atoms with Gasteiger partial charge in [0.2, 0.25) is 0 Å². The Balaban J connectivity index is 1.87. The van der Waals surface area contributed by atoms with Crippen LogP contribution in [-0.4, -0.2) is 6.29 Å². The number of hydrogen-bond donors (Lipinski definition) is 0. The Hall–Kier alpha value is -0.590. The summed E-state index contributed by atoms with van der Waals surface area (Å²) in [7, 11) is 0. The second-order valence-electron chi connectivity index (χ2n) is 5.78. The Kier molecular flexibility index (Phi) is 1.83. The van der Waals surface area contributed by atoms with Crippen LogP contribution in [0.2, 0.25) is 0 Å². The number of carbonyl (C=O) groups is 1. The van der Waals surface area contributed by atoms with E-state index in [4.69, 9.17) is 0 Å². The number of allylic oxidation sites excluding steroid dienone is 2. The van der Waals surface area contributed by atoms with Crippen LogP contribution in [-0.2, 0) is 4.79 Å². The fourth-order valence-electron chi connectivity index (χ4n) is 4.63. The molecule has 0 unspecified atom stereocenters. The SMILES string of the molecule is O=CC=CC12CC3CC(CC(C3)C1)C2. The zero-order valence-electron chi connectivity index (χ0n) is 8.61. The molecular weight excluding hydrogens is 172 g/mol. The molecule has 4 rings (SSSR count). The molecule has 0 aliphatic heterocycles. The van der Waals surface area contributed by atoms with Crippen molar-refractivity contribution in [2.75, 3.05) is 0 Å². The molecule has 4 aliphatic rings. The van der Waals surface area contributed by atoms with Gasteiger partial charge in [0.25, 0.3) is 0 Å². The van der Waals surface area contributed by atoms with E-state index < -0.39 is 0 Å². The highest BCUT2D eigenvalue weighted by atomic mass is 16.1. The van der Waals surface area contributed by atoms with Crippen LogP contribution < -0.4 is 0 Å². The van der Waals surface area contributed by atoms with Crippen molar-refractivity contribution in [3.8, 4) is 0 Å². The van der Waals surface area contributed by atoms with Crippen LogP contribution in [0.3, 0.4) is 0 Å². The van der Waals surface area contributed by atoms with Crippen molar-refractivity contribution in [1.82, 2.24) is 0 Å². The molecule has 0 amide bonds. The zero-order valence-corrected chi connectivity index (χ0v) is 8.61. The van der Waals surface area contributed by atoms with Gasteiger partial charge < -0.3 is 0 Å². The lowest BCUT2D eigenvalue weighted by Crippen LogP contribution is -2.44. The summed E-state index contributed by atoms with van der Waals surface area (Å²) in [6.07, 6.45) is 13.4. The molecule has 1 heteroatoms. The minimum absolute atomic E-state index is 0.440. The van der Waals surface area contributed by atoms with Crippen LogP contribution in [0.5, 0.6) is 0 Å². The third-order valence-electron chi connectivity index (χ3n) is 4.61. The molecule has 0 aromatic heterocycles. The van der Waals surface area contributed by atoms with Gasteiger partial charge in [-0.2, -0.15) is 0 Å². The summed E-state index contributed by atoms with van der Waals surface area (Å²) < 4.78 is 0. The number of aldehydes is 1. The van der Waals surface area contributed by atoms with Gasteiger partial charge in [-0.1, -0.05) is 6.08 Å². The maximum atomic E-state index is 10.4. The Morgan fingerprint density at radius 2 is 1.43 bits per heavy atom. The second kappa shape index (κ2) is 2.95. The van der Waals surface area contributed by atoms with E-state index in [1.165, 1.54) is 38.5 Å². The molecule has 0 aromatic rings. The van der Waals surface area contributed by atoms with Gasteiger partial charge in [0.05, 0.1) is 0 Å². The highest BCUT2D eigenvalue weighted by Gasteiger charge is 2.49. The third-order valence-corrected chi connectivity index (χ3v) is 4.61. The molecular formula is C13H18O. The first-order valence-corrected chi connectivity index (χ1v) is 5.93. The predicted molar refractivity (Wildman–Crippen MR) is 55.8 cm³/mol. The topological polar surface area (TPSA) is 17.1 Å². The molecule has 4 bridgehead atoms. The summed E-state index contributed by atoms with van der Waals surface area (Å²) in [5.41, 5.74) is 0.440. The number of carbonyl (C=O) groups excluding carboxylic acids is 1. The van der Waals surface area contributed by atoms with Crippen molar-refractivity contribution in [2.24, 2.45) is 23.2 Å². The smallest absolute Gasteiger partial charge is 0.142 e. The summed E-state index contributed by atoms with van der Waals surface area (Å²) in [6, 6.07) is 0. The van der Waals surface area contributed by atoms with Gasteiger partial charge in [0, 0.05) is 0 Å². The van der Waals surface area contributed by atoms with E-state index in [1.807, 2.05) is 0 Å². The Morgan fingerprint density at radius 3 is 1.86 bits per heavy atom. The maximum absolute atomic E-state index is 10.4. The van der Waals surface area contributed by atoms with Crippen LogP contribution in [0.15, 0.2) is 12.2 Å². The van der Waals surface area contributed by atoms with Crippen LogP contribution in [0.1, 0.15) is 38.5 Å². The number of hydrogen-bond acceptors (Lipinski definition) is 1. The summed E-state index contributed by atoms with van der Waals surface area (Å²) in [5, 5.41) is 0. The quantitative estimate of drug-likeness (QED) is 0.483. The van der Waals surface area contributed by atoms with Gasteiger partial charge in [-0.15, -0.1) is 0 Å². The van der Waals surface area contributed by atoms with Crippen molar-refractivity contribution in [3.05, 3.63) is 12.2 Å². The maximum Gasteiger partial charge on any atom is 0.142 e. The van der Waals surface area contributed by atoms with Crippen molar-refractivity contribution in [2.45, 2.75) is 38.5 Å². The van der Waals surface area contributed by atoms with Crippen molar-refractivity contribution >= 4 is 6.29 Å². The largest absolute Gasteiger partial charge is 0.299 e. The van der Waals surface area contributed by atoms with E-state index in [0.29, 0.717) is 5.41 Å².